The van der Waals surface area contributed by atoms with Gasteiger partial charge in [-0.25, -0.2) is 9.78 Å². The molecule has 5 rings (SSSR count). The van der Waals surface area contributed by atoms with Gasteiger partial charge in [-0.05, 0) is 58.5 Å². The number of likely N-dealkylation sites (tertiary alicyclic amines) is 1. The summed E-state index contributed by atoms with van der Waals surface area (Å²) in [7, 11) is 0. The van der Waals surface area contributed by atoms with Gasteiger partial charge in [-0.3, -0.25) is 0 Å². The molecule has 0 bridgehead atoms. The van der Waals surface area contributed by atoms with E-state index in [9.17, 15) is 4.79 Å². The van der Waals surface area contributed by atoms with Crippen molar-refractivity contribution < 1.29 is 4.79 Å². The molecule has 2 N–H and O–H groups in total. The molecule has 192 valence electrons. The second kappa shape index (κ2) is 11.5. The molecule has 1 aliphatic rings. The number of hydrogen-bond donors (Lipinski definition) is 2. The van der Waals surface area contributed by atoms with Crippen LogP contribution in [0.4, 0.5) is 10.6 Å². The van der Waals surface area contributed by atoms with Crippen LogP contribution in [-0.2, 0) is 6.54 Å². The lowest BCUT2D eigenvalue weighted by atomic mass is 9.98. The van der Waals surface area contributed by atoms with Crippen LogP contribution in [-0.4, -0.2) is 45.2 Å². The van der Waals surface area contributed by atoms with E-state index in [0.29, 0.717) is 40.3 Å². The quantitative estimate of drug-likeness (QED) is 0.240. The molecule has 7 nitrogen and oxygen atoms in total. The Kier molecular flexibility index (Phi) is 8.09. The molecule has 0 aliphatic carbocycles. The molecule has 1 aliphatic heterocycles. The average molecular weight is 623 g/mol. The molecule has 11 heteroatoms. The maximum Gasteiger partial charge on any atom is 0.317 e. The number of amides is 2. The van der Waals surface area contributed by atoms with Crippen molar-refractivity contribution in [2.75, 3.05) is 25.0 Å². The average Bonchev–Trinajstić information content (AvgIpc) is 3.27. The number of halogens is 4. The number of benzene rings is 2. The fourth-order valence-electron chi connectivity index (χ4n) is 4.48. The summed E-state index contributed by atoms with van der Waals surface area (Å²) in [5.74, 6) is 1.09. The standard InChI is InChI=1S/C26H24BrCl3N6O/c27-20-14-33-36-24(11-23(34-25(20)36)19-5-1-2-6-21(19)29)31-12-16-4-3-9-35(15-16)26(37)32-13-17-7-8-18(28)10-22(17)30/h1-2,5-8,10-11,14,16,31H,3-4,9,12-13,15H2,(H,32,37). The monoisotopic (exact) mass is 620 g/mol. The van der Waals surface area contributed by atoms with Crippen molar-refractivity contribution in [3.05, 3.63) is 79.8 Å². The lowest BCUT2D eigenvalue weighted by molar-refractivity contribution is 0.168. The van der Waals surface area contributed by atoms with Crippen molar-refractivity contribution in [2.45, 2.75) is 19.4 Å². The van der Waals surface area contributed by atoms with Gasteiger partial charge in [0.1, 0.15) is 5.82 Å². The number of aromatic nitrogens is 3. The second-order valence-electron chi connectivity index (χ2n) is 8.96. The van der Waals surface area contributed by atoms with Gasteiger partial charge in [0.15, 0.2) is 5.65 Å². The topological polar surface area (TPSA) is 74.6 Å². The van der Waals surface area contributed by atoms with E-state index in [2.05, 4.69) is 31.7 Å². The second-order valence-corrected chi connectivity index (χ2v) is 11.1. The SMILES string of the molecule is O=C(NCc1ccc(Cl)cc1Cl)N1CCCC(CNc2cc(-c3ccccc3Cl)nc3c(Br)cnn23)C1. The van der Waals surface area contributed by atoms with Crippen LogP contribution in [0.5, 0.6) is 0 Å². The minimum Gasteiger partial charge on any atom is -0.370 e. The lowest BCUT2D eigenvalue weighted by Gasteiger charge is -2.33. The number of carbonyl (C=O) groups excluding carboxylic acids is 1. The molecule has 3 heterocycles. The van der Waals surface area contributed by atoms with Gasteiger partial charge in [0.25, 0.3) is 0 Å². The summed E-state index contributed by atoms with van der Waals surface area (Å²) in [5, 5.41) is 12.7. The molecule has 2 aromatic carbocycles. The highest BCUT2D eigenvalue weighted by molar-refractivity contribution is 9.10. The van der Waals surface area contributed by atoms with E-state index in [4.69, 9.17) is 39.8 Å². The van der Waals surface area contributed by atoms with Gasteiger partial charge in [-0.2, -0.15) is 9.61 Å². The molecule has 2 aromatic heterocycles. The fourth-order valence-corrected chi connectivity index (χ4v) is 5.54. The zero-order valence-corrected chi connectivity index (χ0v) is 23.6. The van der Waals surface area contributed by atoms with Crippen LogP contribution in [0.2, 0.25) is 15.1 Å². The smallest absolute Gasteiger partial charge is 0.317 e. The molecule has 37 heavy (non-hydrogen) atoms. The van der Waals surface area contributed by atoms with Crippen molar-refractivity contribution in [2.24, 2.45) is 5.92 Å². The Morgan fingerprint density at radius 2 is 1.95 bits per heavy atom. The third-order valence-corrected chi connectivity index (χ3v) is 7.88. The molecule has 1 fully saturated rings. The van der Waals surface area contributed by atoms with Crippen LogP contribution in [0, 0.1) is 5.92 Å². The van der Waals surface area contributed by atoms with Crippen molar-refractivity contribution in [3.8, 4) is 11.3 Å². The van der Waals surface area contributed by atoms with Crippen molar-refractivity contribution in [1.29, 1.82) is 0 Å². The zero-order chi connectivity index (χ0) is 25.9. The Labute approximate surface area is 238 Å². The van der Waals surface area contributed by atoms with Gasteiger partial charge < -0.3 is 15.5 Å². The van der Waals surface area contributed by atoms with Crippen LogP contribution in [0.3, 0.4) is 0 Å². The third-order valence-electron chi connectivity index (χ3n) is 6.40. The van der Waals surface area contributed by atoms with Crippen molar-refractivity contribution >= 4 is 68.2 Å². The number of hydrogen-bond acceptors (Lipinski definition) is 4. The number of rotatable bonds is 6. The molecule has 0 saturated carbocycles. The number of nitrogens with one attached hydrogen (secondary N) is 2. The Morgan fingerprint density at radius 3 is 2.76 bits per heavy atom. The first-order valence-corrected chi connectivity index (χ1v) is 13.8. The largest absolute Gasteiger partial charge is 0.370 e. The number of piperidine rings is 1. The molecule has 1 atom stereocenters. The summed E-state index contributed by atoms with van der Waals surface area (Å²) in [6.07, 6.45) is 3.68. The number of urea groups is 1. The first kappa shape index (κ1) is 26.1. The van der Waals surface area contributed by atoms with Gasteiger partial charge >= 0.3 is 6.03 Å². The predicted octanol–water partition coefficient (Wildman–Crippen LogP) is 7.15. The molecule has 0 radical (unpaired) electrons. The maximum atomic E-state index is 12.9. The highest BCUT2D eigenvalue weighted by Gasteiger charge is 2.24. The number of anilines is 1. The molecule has 1 unspecified atom stereocenters. The van der Waals surface area contributed by atoms with Crippen LogP contribution in [0.1, 0.15) is 18.4 Å². The predicted molar refractivity (Wildman–Crippen MR) is 153 cm³/mol. The Hall–Kier alpha value is -2.52. The van der Waals surface area contributed by atoms with Gasteiger partial charge in [-0.15, -0.1) is 0 Å². The summed E-state index contributed by atoms with van der Waals surface area (Å²) >= 11 is 22.2. The highest BCUT2D eigenvalue weighted by Crippen LogP contribution is 2.30. The number of nitrogens with zero attached hydrogens (tertiary/aromatic N) is 4. The minimum absolute atomic E-state index is 0.0981. The summed E-state index contributed by atoms with van der Waals surface area (Å²) in [5.41, 5.74) is 3.14. The van der Waals surface area contributed by atoms with E-state index < -0.39 is 0 Å². The summed E-state index contributed by atoms with van der Waals surface area (Å²) in [6.45, 7) is 2.41. The van der Waals surface area contributed by atoms with E-state index in [0.717, 1.165) is 46.5 Å². The fraction of sp³-hybridized carbons (Fsp3) is 0.269. The first-order valence-electron chi connectivity index (χ1n) is 11.9. The summed E-state index contributed by atoms with van der Waals surface area (Å²) < 4.78 is 2.57. The van der Waals surface area contributed by atoms with Crippen LogP contribution < -0.4 is 10.6 Å². The molecular weight excluding hydrogens is 599 g/mol. The lowest BCUT2D eigenvalue weighted by Crippen LogP contribution is -2.46. The van der Waals surface area contributed by atoms with Crippen LogP contribution in [0.25, 0.3) is 16.9 Å². The number of carbonyl (C=O) groups is 1. The van der Waals surface area contributed by atoms with E-state index in [1.54, 1.807) is 22.8 Å². The van der Waals surface area contributed by atoms with Crippen LogP contribution in [0.15, 0.2) is 59.2 Å². The highest BCUT2D eigenvalue weighted by atomic mass is 79.9. The van der Waals surface area contributed by atoms with Crippen molar-refractivity contribution in [1.82, 2.24) is 24.8 Å². The Balaban J connectivity index is 1.26. The molecule has 4 aromatic rings. The normalized spacial score (nSPS) is 15.7. The van der Waals surface area contributed by atoms with Gasteiger partial charge in [-0.1, -0.05) is 59.1 Å². The maximum absolute atomic E-state index is 12.9. The van der Waals surface area contributed by atoms with E-state index in [-0.39, 0.29) is 11.9 Å². The van der Waals surface area contributed by atoms with Gasteiger partial charge in [0.2, 0.25) is 0 Å². The molecule has 2 amide bonds. The van der Waals surface area contributed by atoms with Crippen LogP contribution >= 0.6 is 50.7 Å². The Bertz CT molecular complexity index is 1450. The zero-order valence-electron chi connectivity index (χ0n) is 19.7. The first-order chi connectivity index (χ1) is 17.9. The molecule has 0 spiro atoms. The summed E-state index contributed by atoms with van der Waals surface area (Å²) in [4.78, 5) is 19.5. The van der Waals surface area contributed by atoms with Gasteiger partial charge in [0, 0.05) is 52.9 Å². The minimum atomic E-state index is -0.0981. The summed E-state index contributed by atoms with van der Waals surface area (Å²) in [6, 6.07) is 14.8. The van der Waals surface area contributed by atoms with Gasteiger partial charge in [0.05, 0.1) is 16.4 Å². The van der Waals surface area contributed by atoms with E-state index >= 15 is 0 Å². The molecular formula is C26H24BrCl3N6O. The molecule has 1 saturated heterocycles. The van der Waals surface area contributed by atoms with E-state index in [1.165, 1.54) is 0 Å². The number of fused-ring (bicyclic) bond motifs is 1. The third kappa shape index (κ3) is 5.98. The Morgan fingerprint density at radius 1 is 1.11 bits per heavy atom. The van der Waals surface area contributed by atoms with Crippen molar-refractivity contribution in [3.63, 3.8) is 0 Å². The van der Waals surface area contributed by atoms with E-state index in [1.807, 2.05) is 41.3 Å².